The van der Waals surface area contributed by atoms with E-state index in [4.69, 9.17) is 0 Å². The highest BCUT2D eigenvalue weighted by molar-refractivity contribution is 7.92. The SMILES string of the molecule is CNC(=O)/C(=C/C(=O)OC)Nc1ccc(S(=O)(=O)Nc2nc(C)cc(C)n2)cc1. The fourth-order valence-corrected chi connectivity index (χ4v) is 3.24. The normalized spacial score (nSPS) is 11.5. The second kappa shape index (κ2) is 9.15. The van der Waals surface area contributed by atoms with Gasteiger partial charge in [-0.2, -0.15) is 0 Å². The Bertz CT molecular complexity index is 1030. The number of rotatable bonds is 7. The van der Waals surface area contributed by atoms with Gasteiger partial charge in [0.05, 0.1) is 18.1 Å². The van der Waals surface area contributed by atoms with Crippen molar-refractivity contribution in [3.8, 4) is 0 Å². The molecular weight excluding hydrogens is 398 g/mol. The number of methoxy groups -OCH3 is 1. The third kappa shape index (κ3) is 6.01. The minimum absolute atomic E-state index is 0.0207. The van der Waals surface area contributed by atoms with E-state index in [0.717, 1.165) is 6.08 Å². The number of carbonyl (C=O) groups is 2. The molecule has 1 aromatic heterocycles. The van der Waals surface area contributed by atoms with E-state index in [-0.39, 0.29) is 16.5 Å². The summed E-state index contributed by atoms with van der Waals surface area (Å²) in [6.07, 6.45) is 0.989. The van der Waals surface area contributed by atoms with Crippen molar-refractivity contribution in [2.24, 2.45) is 0 Å². The largest absolute Gasteiger partial charge is 0.466 e. The van der Waals surface area contributed by atoms with Crippen LogP contribution in [0.15, 0.2) is 47.0 Å². The van der Waals surface area contributed by atoms with Crippen molar-refractivity contribution < 1.29 is 22.7 Å². The standard InChI is InChI=1S/C18H21N5O5S/c1-11-9-12(2)21-18(20-11)23-29(26,27)14-7-5-13(6-8-14)22-15(17(25)19-3)10-16(24)28-4/h5-10,22H,1-4H3,(H,19,25)(H,20,21,23)/b15-10-. The van der Waals surface area contributed by atoms with E-state index in [0.29, 0.717) is 17.1 Å². The molecule has 0 spiro atoms. The Morgan fingerprint density at radius 2 is 1.66 bits per heavy atom. The summed E-state index contributed by atoms with van der Waals surface area (Å²) < 4.78 is 31.9. The lowest BCUT2D eigenvalue weighted by atomic mass is 10.3. The van der Waals surface area contributed by atoms with Crippen LogP contribution in [0.4, 0.5) is 11.6 Å². The molecule has 0 bridgehead atoms. The molecule has 1 heterocycles. The number of benzene rings is 1. The van der Waals surface area contributed by atoms with Crippen molar-refractivity contribution in [2.45, 2.75) is 18.7 Å². The molecule has 1 aromatic carbocycles. The van der Waals surface area contributed by atoms with Gasteiger partial charge in [0.1, 0.15) is 5.70 Å². The maximum absolute atomic E-state index is 12.5. The van der Waals surface area contributed by atoms with Crippen LogP contribution in [0.25, 0.3) is 0 Å². The van der Waals surface area contributed by atoms with Gasteiger partial charge >= 0.3 is 5.97 Å². The number of amides is 1. The van der Waals surface area contributed by atoms with E-state index >= 15 is 0 Å². The molecule has 0 saturated carbocycles. The third-order valence-electron chi connectivity index (χ3n) is 3.59. The molecule has 0 fully saturated rings. The van der Waals surface area contributed by atoms with Crippen molar-refractivity contribution in [2.75, 3.05) is 24.2 Å². The zero-order chi connectivity index (χ0) is 21.6. The summed E-state index contributed by atoms with van der Waals surface area (Å²) in [6, 6.07) is 7.31. The van der Waals surface area contributed by atoms with Gasteiger partial charge in [0.15, 0.2) is 0 Å². The maximum Gasteiger partial charge on any atom is 0.332 e. The second-order valence-electron chi connectivity index (χ2n) is 5.89. The monoisotopic (exact) mass is 419 g/mol. The number of nitrogens with one attached hydrogen (secondary N) is 3. The minimum atomic E-state index is -3.91. The molecule has 0 saturated heterocycles. The lowest BCUT2D eigenvalue weighted by Crippen LogP contribution is -2.25. The van der Waals surface area contributed by atoms with Crippen LogP contribution in [0, 0.1) is 13.8 Å². The smallest absolute Gasteiger partial charge is 0.332 e. The van der Waals surface area contributed by atoms with E-state index in [1.165, 1.54) is 38.4 Å². The first-order valence-electron chi connectivity index (χ1n) is 8.38. The Hall–Kier alpha value is -3.47. The first-order valence-corrected chi connectivity index (χ1v) is 9.87. The zero-order valence-electron chi connectivity index (χ0n) is 16.3. The molecule has 0 unspecified atom stereocenters. The quantitative estimate of drug-likeness (QED) is 0.448. The molecule has 2 rings (SSSR count). The first kappa shape index (κ1) is 21.8. The minimum Gasteiger partial charge on any atom is -0.466 e. The van der Waals surface area contributed by atoms with Gasteiger partial charge in [-0.3, -0.25) is 4.79 Å². The predicted octanol–water partition coefficient (Wildman–Crippen LogP) is 1.11. The molecule has 0 radical (unpaired) electrons. The van der Waals surface area contributed by atoms with Gasteiger partial charge in [-0.1, -0.05) is 0 Å². The number of anilines is 2. The van der Waals surface area contributed by atoms with Gasteiger partial charge in [0.25, 0.3) is 15.9 Å². The third-order valence-corrected chi connectivity index (χ3v) is 4.93. The second-order valence-corrected chi connectivity index (χ2v) is 7.57. The molecular formula is C18H21N5O5S. The van der Waals surface area contributed by atoms with Crippen LogP contribution in [0.2, 0.25) is 0 Å². The van der Waals surface area contributed by atoms with Gasteiger partial charge in [-0.05, 0) is 44.2 Å². The molecule has 3 N–H and O–H groups in total. The molecule has 0 aliphatic rings. The molecule has 154 valence electrons. The van der Waals surface area contributed by atoms with E-state index in [9.17, 15) is 18.0 Å². The van der Waals surface area contributed by atoms with Crippen molar-refractivity contribution >= 4 is 33.5 Å². The van der Waals surface area contributed by atoms with Gasteiger partial charge in [-0.25, -0.2) is 27.9 Å². The Balaban J connectivity index is 2.22. The van der Waals surface area contributed by atoms with Crippen molar-refractivity contribution in [1.82, 2.24) is 15.3 Å². The molecule has 0 aliphatic heterocycles. The molecule has 1 amide bonds. The summed E-state index contributed by atoms with van der Waals surface area (Å²) in [7, 11) is -1.31. The van der Waals surface area contributed by atoms with E-state index < -0.39 is 21.9 Å². The van der Waals surface area contributed by atoms with Crippen LogP contribution in [0.5, 0.6) is 0 Å². The first-order chi connectivity index (χ1) is 13.6. The average Bonchev–Trinajstić information content (AvgIpc) is 2.65. The Morgan fingerprint density at radius 3 is 2.17 bits per heavy atom. The molecule has 10 nitrogen and oxygen atoms in total. The number of ether oxygens (including phenoxy) is 1. The number of hydrogen-bond donors (Lipinski definition) is 3. The van der Waals surface area contributed by atoms with Crippen LogP contribution >= 0.6 is 0 Å². The number of aromatic nitrogens is 2. The summed E-state index contributed by atoms with van der Waals surface area (Å²) in [4.78, 5) is 31.4. The highest BCUT2D eigenvalue weighted by Crippen LogP contribution is 2.18. The topological polar surface area (TPSA) is 139 Å². The Morgan fingerprint density at radius 1 is 1.07 bits per heavy atom. The molecule has 29 heavy (non-hydrogen) atoms. The molecule has 0 aliphatic carbocycles. The fraction of sp³-hybridized carbons (Fsp3) is 0.222. The highest BCUT2D eigenvalue weighted by atomic mass is 32.2. The predicted molar refractivity (Wildman–Crippen MR) is 107 cm³/mol. The van der Waals surface area contributed by atoms with Gasteiger partial charge in [0.2, 0.25) is 5.95 Å². The number of hydrogen-bond acceptors (Lipinski definition) is 8. The Kier molecular flexibility index (Phi) is 6.89. The van der Waals surface area contributed by atoms with Crippen LogP contribution in [0.3, 0.4) is 0 Å². The van der Waals surface area contributed by atoms with Crippen LogP contribution in [-0.4, -0.2) is 44.4 Å². The number of esters is 1. The highest BCUT2D eigenvalue weighted by Gasteiger charge is 2.17. The van der Waals surface area contributed by atoms with Crippen molar-refractivity contribution in [3.63, 3.8) is 0 Å². The number of aryl methyl sites for hydroxylation is 2. The van der Waals surface area contributed by atoms with Gasteiger partial charge in [0, 0.05) is 24.1 Å². The van der Waals surface area contributed by atoms with Crippen LogP contribution < -0.4 is 15.4 Å². The Labute approximate surface area is 168 Å². The summed E-state index contributed by atoms with van der Waals surface area (Å²) in [6.45, 7) is 3.47. The van der Waals surface area contributed by atoms with E-state index in [1.54, 1.807) is 19.9 Å². The number of nitrogens with zero attached hydrogens (tertiary/aromatic N) is 2. The van der Waals surface area contributed by atoms with Gasteiger partial charge < -0.3 is 15.4 Å². The summed E-state index contributed by atoms with van der Waals surface area (Å²) in [5.41, 5.74) is 1.60. The fourth-order valence-electron chi connectivity index (χ4n) is 2.29. The number of sulfonamides is 1. The van der Waals surface area contributed by atoms with E-state index in [2.05, 4.69) is 30.1 Å². The van der Waals surface area contributed by atoms with Crippen molar-refractivity contribution in [1.29, 1.82) is 0 Å². The zero-order valence-corrected chi connectivity index (χ0v) is 17.1. The average molecular weight is 419 g/mol. The summed E-state index contributed by atoms with van der Waals surface area (Å²) in [5.74, 6) is -1.28. The summed E-state index contributed by atoms with van der Waals surface area (Å²) >= 11 is 0. The number of likely N-dealkylation sites (N-methyl/N-ethyl adjacent to an activating group) is 1. The number of carbonyl (C=O) groups excluding carboxylic acids is 2. The van der Waals surface area contributed by atoms with Crippen LogP contribution in [0.1, 0.15) is 11.4 Å². The van der Waals surface area contributed by atoms with Gasteiger partial charge in [-0.15, -0.1) is 0 Å². The van der Waals surface area contributed by atoms with Crippen molar-refractivity contribution in [3.05, 3.63) is 53.5 Å². The van der Waals surface area contributed by atoms with E-state index in [1.807, 2.05) is 0 Å². The molecule has 11 heteroatoms. The lowest BCUT2D eigenvalue weighted by molar-refractivity contribution is -0.135. The summed E-state index contributed by atoms with van der Waals surface area (Å²) in [5, 5.41) is 5.14. The van der Waals surface area contributed by atoms with Crippen LogP contribution in [-0.2, 0) is 24.3 Å². The molecule has 2 aromatic rings. The molecule has 0 atom stereocenters. The maximum atomic E-state index is 12.5. The lowest BCUT2D eigenvalue weighted by Gasteiger charge is -2.11.